The highest BCUT2D eigenvalue weighted by Gasteiger charge is 2.17. The molecule has 0 amide bonds. The summed E-state index contributed by atoms with van der Waals surface area (Å²) in [6, 6.07) is 12.8. The second-order valence-corrected chi connectivity index (χ2v) is 7.61. The molecule has 28 heavy (non-hydrogen) atoms. The molecule has 2 aromatic carbocycles. The minimum absolute atomic E-state index is 0.0533. The van der Waals surface area contributed by atoms with E-state index < -0.39 is 10.0 Å². The molecule has 3 aromatic rings. The molecule has 10 heteroatoms. The number of rotatable bonds is 8. The number of ketones is 1. The van der Waals surface area contributed by atoms with E-state index in [9.17, 15) is 13.2 Å². The lowest BCUT2D eigenvalue weighted by Crippen LogP contribution is -2.25. The Morgan fingerprint density at radius 3 is 2.39 bits per heavy atom. The maximum Gasteiger partial charge on any atom is 0.240 e. The molecule has 0 saturated heterocycles. The molecule has 1 heterocycles. The zero-order chi connectivity index (χ0) is 20.1. The first-order valence-corrected chi connectivity index (χ1v) is 10.00. The number of carbonyl (C=O) groups is 1. The standard InChI is InChI=1S/C18H19N5O4S/c1-3-27-16-8-6-15(7-9-16)23-18(20-21-22-23)12-19-28(25,26)17-10-4-14(5-11-17)13(2)24/h4-11,19H,3,12H2,1-2H3. The minimum atomic E-state index is -3.78. The first kappa shape index (κ1) is 19.6. The predicted molar refractivity (Wildman–Crippen MR) is 101 cm³/mol. The number of nitrogens with one attached hydrogen (secondary N) is 1. The lowest BCUT2D eigenvalue weighted by atomic mass is 10.2. The summed E-state index contributed by atoms with van der Waals surface area (Å²) in [6.07, 6.45) is 0. The van der Waals surface area contributed by atoms with Crippen molar-refractivity contribution in [2.24, 2.45) is 0 Å². The summed E-state index contributed by atoms with van der Waals surface area (Å²) in [5.74, 6) is 0.912. The molecule has 0 spiro atoms. The molecule has 0 radical (unpaired) electrons. The maximum absolute atomic E-state index is 12.5. The third-order valence-corrected chi connectivity index (χ3v) is 5.33. The average Bonchev–Trinajstić information content (AvgIpc) is 3.16. The minimum Gasteiger partial charge on any atom is -0.494 e. The number of benzene rings is 2. The van der Waals surface area contributed by atoms with Crippen molar-refractivity contribution in [2.45, 2.75) is 25.3 Å². The Labute approximate surface area is 162 Å². The fraction of sp³-hybridized carbons (Fsp3) is 0.222. The molecule has 0 aliphatic carbocycles. The maximum atomic E-state index is 12.5. The Kier molecular flexibility index (Phi) is 5.81. The van der Waals surface area contributed by atoms with E-state index in [-0.39, 0.29) is 17.2 Å². The van der Waals surface area contributed by atoms with Crippen molar-refractivity contribution in [2.75, 3.05) is 6.61 Å². The van der Waals surface area contributed by atoms with Gasteiger partial charge in [0.05, 0.1) is 23.7 Å². The Morgan fingerprint density at radius 1 is 1.11 bits per heavy atom. The zero-order valence-electron chi connectivity index (χ0n) is 15.4. The third kappa shape index (κ3) is 4.41. The van der Waals surface area contributed by atoms with Gasteiger partial charge >= 0.3 is 0 Å². The number of Topliss-reactive ketones (excluding diaryl/α,β-unsaturated/α-hetero) is 1. The Hall–Kier alpha value is -3.11. The molecular weight excluding hydrogens is 382 g/mol. The molecular formula is C18H19N5O4S. The van der Waals surface area contributed by atoms with E-state index >= 15 is 0 Å². The van der Waals surface area contributed by atoms with Crippen LogP contribution in [0.2, 0.25) is 0 Å². The van der Waals surface area contributed by atoms with Crippen molar-refractivity contribution < 1.29 is 17.9 Å². The molecule has 146 valence electrons. The second kappa shape index (κ2) is 8.28. The Bertz CT molecular complexity index is 1060. The van der Waals surface area contributed by atoms with Crippen molar-refractivity contribution in [3.05, 3.63) is 59.9 Å². The van der Waals surface area contributed by atoms with Crippen molar-refractivity contribution in [3.8, 4) is 11.4 Å². The molecule has 0 saturated carbocycles. The number of hydrogen-bond acceptors (Lipinski definition) is 7. The van der Waals surface area contributed by atoms with Gasteiger partial charge in [0.15, 0.2) is 11.6 Å². The van der Waals surface area contributed by atoms with Gasteiger partial charge in [0, 0.05) is 5.56 Å². The summed E-state index contributed by atoms with van der Waals surface area (Å²) in [6.45, 7) is 3.78. The number of hydrogen-bond donors (Lipinski definition) is 1. The monoisotopic (exact) mass is 401 g/mol. The van der Waals surface area contributed by atoms with Gasteiger partial charge in [-0.15, -0.1) is 5.10 Å². The van der Waals surface area contributed by atoms with Gasteiger partial charge in [-0.05, 0) is 60.7 Å². The molecule has 0 aliphatic rings. The van der Waals surface area contributed by atoms with Gasteiger partial charge in [-0.1, -0.05) is 12.1 Å². The van der Waals surface area contributed by atoms with E-state index in [4.69, 9.17) is 4.74 Å². The highest BCUT2D eigenvalue weighted by Crippen LogP contribution is 2.16. The quantitative estimate of drug-likeness (QED) is 0.572. The van der Waals surface area contributed by atoms with Crippen LogP contribution in [0.5, 0.6) is 5.75 Å². The van der Waals surface area contributed by atoms with Gasteiger partial charge in [-0.2, -0.15) is 4.68 Å². The summed E-state index contributed by atoms with van der Waals surface area (Å²) >= 11 is 0. The molecule has 0 atom stereocenters. The van der Waals surface area contributed by atoms with Crippen LogP contribution < -0.4 is 9.46 Å². The molecule has 0 fully saturated rings. The van der Waals surface area contributed by atoms with Crippen LogP contribution in [0.25, 0.3) is 5.69 Å². The number of aromatic nitrogens is 4. The first-order chi connectivity index (χ1) is 13.4. The number of carbonyl (C=O) groups excluding carboxylic acids is 1. The van der Waals surface area contributed by atoms with Crippen LogP contribution in [0.4, 0.5) is 0 Å². The van der Waals surface area contributed by atoms with Crippen LogP contribution in [-0.4, -0.2) is 41.0 Å². The van der Waals surface area contributed by atoms with Crippen LogP contribution in [0.3, 0.4) is 0 Å². The highest BCUT2D eigenvalue weighted by atomic mass is 32.2. The van der Waals surface area contributed by atoms with E-state index in [1.54, 1.807) is 24.3 Å². The summed E-state index contributed by atoms with van der Waals surface area (Å²) in [5, 5.41) is 11.4. The summed E-state index contributed by atoms with van der Waals surface area (Å²) in [5.41, 5.74) is 1.12. The molecule has 0 bridgehead atoms. The number of sulfonamides is 1. The summed E-state index contributed by atoms with van der Waals surface area (Å²) in [4.78, 5) is 11.4. The largest absolute Gasteiger partial charge is 0.494 e. The number of tetrazole rings is 1. The molecule has 0 aliphatic heterocycles. The van der Waals surface area contributed by atoms with Gasteiger partial charge < -0.3 is 4.74 Å². The van der Waals surface area contributed by atoms with Crippen LogP contribution in [-0.2, 0) is 16.6 Å². The SMILES string of the molecule is CCOc1ccc(-n2nnnc2CNS(=O)(=O)c2ccc(C(C)=O)cc2)cc1. The molecule has 1 aromatic heterocycles. The van der Waals surface area contributed by atoms with Gasteiger partial charge in [0.2, 0.25) is 10.0 Å². The number of nitrogens with zero attached hydrogens (tertiary/aromatic N) is 4. The van der Waals surface area contributed by atoms with Crippen LogP contribution >= 0.6 is 0 Å². The fourth-order valence-electron chi connectivity index (χ4n) is 2.48. The Morgan fingerprint density at radius 2 is 1.79 bits per heavy atom. The van der Waals surface area contributed by atoms with Crippen molar-refractivity contribution in [1.82, 2.24) is 24.9 Å². The van der Waals surface area contributed by atoms with Crippen molar-refractivity contribution >= 4 is 15.8 Å². The van der Waals surface area contributed by atoms with Gasteiger partial charge in [0.25, 0.3) is 0 Å². The van der Waals surface area contributed by atoms with E-state index in [2.05, 4.69) is 20.2 Å². The van der Waals surface area contributed by atoms with E-state index in [1.165, 1.54) is 35.9 Å². The molecule has 0 unspecified atom stereocenters. The summed E-state index contributed by atoms with van der Waals surface area (Å²) < 4.78 is 34.3. The lowest BCUT2D eigenvalue weighted by Gasteiger charge is -2.09. The van der Waals surface area contributed by atoms with Gasteiger partial charge in [-0.25, -0.2) is 13.1 Å². The van der Waals surface area contributed by atoms with Crippen molar-refractivity contribution in [3.63, 3.8) is 0 Å². The first-order valence-electron chi connectivity index (χ1n) is 8.52. The topological polar surface area (TPSA) is 116 Å². The predicted octanol–water partition coefficient (Wildman–Crippen LogP) is 1.74. The van der Waals surface area contributed by atoms with E-state index in [0.29, 0.717) is 23.7 Å². The van der Waals surface area contributed by atoms with Crippen LogP contribution in [0, 0.1) is 0 Å². The average molecular weight is 401 g/mol. The van der Waals surface area contributed by atoms with E-state index in [1.807, 2.05) is 6.92 Å². The normalized spacial score (nSPS) is 11.4. The molecule has 1 N–H and O–H groups in total. The van der Waals surface area contributed by atoms with Crippen molar-refractivity contribution in [1.29, 1.82) is 0 Å². The fourth-order valence-corrected chi connectivity index (χ4v) is 3.46. The number of ether oxygens (including phenoxy) is 1. The van der Waals surface area contributed by atoms with Crippen LogP contribution in [0.1, 0.15) is 30.0 Å². The van der Waals surface area contributed by atoms with Crippen LogP contribution in [0.15, 0.2) is 53.4 Å². The van der Waals surface area contributed by atoms with Gasteiger partial charge in [-0.3, -0.25) is 4.79 Å². The summed E-state index contributed by atoms with van der Waals surface area (Å²) in [7, 11) is -3.78. The highest BCUT2D eigenvalue weighted by molar-refractivity contribution is 7.89. The smallest absolute Gasteiger partial charge is 0.240 e. The Balaban J connectivity index is 1.74. The van der Waals surface area contributed by atoms with Gasteiger partial charge in [0.1, 0.15) is 5.75 Å². The molecule has 9 nitrogen and oxygen atoms in total. The third-order valence-electron chi connectivity index (χ3n) is 3.92. The molecule has 3 rings (SSSR count). The van der Waals surface area contributed by atoms with E-state index in [0.717, 1.165) is 5.75 Å². The zero-order valence-corrected chi connectivity index (χ0v) is 16.2. The second-order valence-electron chi connectivity index (χ2n) is 5.84. The lowest BCUT2D eigenvalue weighted by molar-refractivity contribution is 0.101.